The molecule has 0 saturated heterocycles. The third-order valence-corrected chi connectivity index (χ3v) is 3.41. The van der Waals surface area contributed by atoms with Gasteiger partial charge in [0.25, 0.3) is 5.91 Å². The lowest BCUT2D eigenvalue weighted by Gasteiger charge is -2.11. The van der Waals surface area contributed by atoms with Gasteiger partial charge in [0.2, 0.25) is 0 Å². The molecule has 2 heterocycles. The molecule has 1 aliphatic heterocycles. The highest BCUT2D eigenvalue weighted by Gasteiger charge is 2.22. The first-order valence-corrected chi connectivity index (χ1v) is 5.64. The second kappa shape index (κ2) is 3.10. The fourth-order valence-electron chi connectivity index (χ4n) is 2.07. The van der Waals surface area contributed by atoms with Gasteiger partial charge in [-0.3, -0.25) is 4.79 Å². The summed E-state index contributed by atoms with van der Waals surface area (Å²) in [7, 11) is 0. The van der Waals surface area contributed by atoms with Crippen LogP contribution in [0.2, 0.25) is 0 Å². The van der Waals surface area contributed by atoms with Crippen molar-refractivity contribution in [1.29, 1.82) is 0 Å². The highest BCUT2D eigenvalue weighted by atomic mass is 79.9. The van der Waals surface area contributed by atoms with Crippen molar-refractivity contribution >= 4 is 32.7 Å². The van der Waals surface area contributed by atoms with Crippen LogP contribution in [0.15, 0.2) is 22.7 Å². The number of halogens is 1. The molecule has 2 N–H and O–H groups in total. The first-order chi connectivity index (χ1) is 7.27. The largest absolute Gasteiger partial charge is 0.357 e. The number of hydrogen-bond donors (Lipinski definition) is 2. The molecule has 1 aromatic carbocycles. The van der Waals surface area contributed by atoms with Crippen LogP contribution in [-0.4, -0.2) is 17.4 Å². The zero-order valence-electron chi connectivity index (χ0n) is 7.93. The summed E-state index contributed by atoms with van der Waals surface area (Å²) in [6, 6.07) is 5.89. The van der Waals surface area contributed by atoms with Gasteiger partial charge >= 0.3 is 0 Å². The van der Waals surface area contributed by atoms with Gasteiger partial charge in [0, 0.05) is 28.5 Å². The molecule has 0 spiro atoms. The highest BCUT2D eigenvalue weighted by molar-refractivity contribution is 9.10. The van der Waals surface area contributed by atoms with Gasteiger partial charge in [-0.15, -0.1) is 0 Å². The van der Waals surface area contributed by atoms with Crippen molar-refractivity contribution in [2.75, 3.05) is 6.54 Å². The fraction of sp³-hybridized carbons (Fsp3) is 0.182. The minimum Gasteiger partial charge on any atom is -0.357 e. The van der Waals surface area contributed by atoms with Crippen LogP contribution < -0.4 is 5.32 Å². The van der Waals surface area contributed by atoms with Gasteiger partial charge in [-0.25, -0.2) is 0 Å². The zero-order chi connectivity index (χ0) is 10.4. The van der Waals surface area contributed by atoms with E-state index in [0.717, 1.165) is 39.6 Å². The van der Waals surface area contributed by atoms with Gasteiger partial charge in [0.1, 0.15) is 0 Å². The summed E-state index contributed by atoms with van der Waals surface area (Å²) >= 11 is 3.48. The smallest absolute Gasteiger partial charge is 0.253 e. The molecule has 0 radical (unpaired) electrons. The van der Waals surface area contributed by atoms with Crippen LogP contribution in [-0.2, 0) is 6.42 Å². The molecule has 0 saturated carbocycles. The van der Waals surface area contributed by atoms with Crippen LogP contribution in [0.4, 0.5) is 0 Å². The van der Waals surface area contributed by atoms with Gasteiger partial charge in [0.15, 0.2) is 0 Å². The summed E-state index contributed by atoms with van der Waals surface area (Å²) in [5.74, 6) is 0.0283. The predicted molar refractivity (Wildman–Crippen MR) is 62.0 cm³/mol. The van der Waals surface area contributed by atoms with Crippen LogP contribution in [0.25, 0.3) is 10.9 Å². The number of carbonyl (C=O) groups excluding carboxylic acids is 1. The van der Waals surface area contributed by atoms with E-state index in [9.17, 15) is 4.79 Å². The standard InChI is InChI=1S/C11H9BrN2O/c12-7-3-1-2-6-9-8(14-10(6)7)4-5-13-11(9)15/h1-3,14H,4-5H2,(H,13,15). The normalized spacial score (nSPS) is 15.1. The Morgan fingerprint density at radius 3 is 3.07 bits per heavy atom. The minimum absolute atomic E-state index is 0.0283. The molecule has 0 atom stereocenters. The van der Waals surface area contributed by atoms with Crippen molar-refractivity contribution in [3.8, 4) is 0 Å². The summed E-state index contributed by atoms with van der Waals surface area (Å²) in [5.41, 5.74) is 2.86. The number of carbonyl (C=O) groups is 1. The van der Waals surface area contributed by atoms with E-state index in [1.807, 2.05) is 18.2 Å². The number of para-hydroxylation sites is 1. The Morgan fingerprint density at radius 1 is 1.33 bits per heavy atom. The highest BCUT2D eigenvalue weighted by Crippen LogP contribution is 2.29. The lowest BCUT2D eigenvalue weighted by molar-refractivity contribution is 0.0947. The Hall–Kier alpha value is -1.29. The van der Waals surface area contributed by atoms with E-state index in [1.165, 1.54) is 0 Å². The van der Waals surface area contributed by atoms with E-state index in [0.29, 0.717) is 0 Å². The van der Waals surface area contributed by atoms with E-state index in [1.54, 1.807) is 0 Å². The van der Waals surface area contributed by atoms with Crippen molar-refractivity contribution < 1.29 is 4.79 Å². The number of amides is 1. The Morgan fingerprint density at radius 2 is 2.20 bits per heavy atom. The number of benzene rings is 1. The predicted octanol–water partition coefficient (Wildman–Crippen LogP) is 2.22. The SMILES string of the molecule is O=C1NCCc2[nH]c3c(Br)cccc3c21. The van der Waals surface area contributed by atoms with Crippen LogP contribution in [0.5, 0.6) is 0 Å². The topological polar surface area (TPSA) is 44.9 Å². The van der Waals surface area contributed by atoms with Crippen molar-refractivity contribution in [3.05, 3.63) is 33.9 Å². The van der Waals surface area contributed by atoms with E-state index in [4.69, 9.17) is 0 Å². The number of aromatic nitrogens is 1. The van der Waals surface area contributed by atoms with Gasteiger partial charge < -0.3 is 10.3 Å². The lowest BCUT2D eigenvalue weighted by atomic mass is 10.1. The van der Waals surface area contributed by atoms with Crippen molar-refractivity contribution in [1.82, 2.24) is 10.3 Å². The molecule has 1 aromatic heterocycles. The van der Waals surface area contributed by atoms with E-state index in [-0.39, 0.29) is 5.91 Å². The quantitative estimate of drug-likeness (QED) is 0.753. The average Bonchev–Trinajstić information content (AvgIpc) is 2.59. The monoisotopic (exact) mass is 264 g/mol. The second-order valence-corrected chi connectivity index (χ2v) is 4.50. The molecular formula is C11H9BrN2O. The molecule has 4 heteroatoms. The lowest BCUT2D eigenvalue weighted by Crippen LogP contribution is -2.31. The molecule has 0 fully saturated rings. The van der Waals surface area contributed by atoms with Crippen LogP contribution >= 0.6 is 15.9 Å². The molecule has 0 unspecified atom stereocenters. The molecule has 1 amide bonds. The third kappa shape index (κ3) is 1.21. The van der Waals surface area contributed by atoms with Crippen molar-refractivity contribution in [2.45, 2.75) is 6.42 Å². The molecule has 3 nitrogen and oxygen atoms in total. The fourth-order valence-corrected chi connectivity index (χ4v) is 2.54. The zero-order valence-corrected chi connectivity index (χ0v) is 9.52. The Labute approximate surface area is 95.0 Å². The maximum Gasteiger partial charge on any atom is 0.253 e. The Kier molecular flexibility index (Phi) is 1.85. The maximum absolute atomic E-state index is 11.7. The van der Waals surface area contributed by atoms with E-state index >= 15 is 0 Å². The van der Waals surface area contributed by atoms with Crippen LogP contribution in [0.3, 0.4) is 0 Å². The summed E-state index contributed by atoms with van der Waals surface area (Å²) in [4.78, 5) is 15.0. The summed E-state index contributed by atoms with van der Waals surface area (Å²) in [5, 5.41) is 3.86. The minimum atomic E-state index is 0.0283. The molecule has 0 bridgehead atoms. The number of H-pyrrole nitrogens is 1. The number of hydrogen-bond acceptors (Lipinski definition) is 1. The van der Waals surface area contributed by atoms with Crippen LogP contribution in [0, 0.1) is 0 Å². The van der Waals surface area contributed by atoms with Crippen molar-refractivity contribution in [3.63, 3.8) is 0 Å². The Bertz CT molecular complexity index is 559. The van der Waals surface area contributed by atoms with Crippen molar-refractivity contribution in [2.24, 2.45) is 0 Å². The average molecular weight is 265 g/mol. The summed E-state index contributed by atoms with van der Waals surface area (Å²) in [6.07, 6.45) is 0.877. The molecule has 15 heavy (non-hydrogen) atoms. The third-order valence-electron chi connectivity index (χ3n) is 2.75. The van der Waals surface area contributed by atoms with Gasteiger partial charge in [-0.05, 0) is 22.0 Å². The first-order valence-electron chi connectivity index (χ1n) is 4.84. The maximum atomic E-state index is 11.7. The van der Waals surface area contributed by atoms with Gasteiger partial charge in [-0.1, -0.05) is 12.1 Å². The first kappa shape index (κ1) is 8.97. The van der Waals surface area contributed by atoms with Crippen LogP contribution in [0.1, 0.15) is 16.1 Å². The summed E-state index contributed by atoms with van der Waals surface area (Å²) < 4.78 is 1.00. The van der Waals surface area contributed by atoms with Gasteiger partial charge in [-0.2, -0.15) is 0 Å². The number of fused-ring (bicyclic) bond motifs is 3. The summed E-state index contributed by atoms with van der Waals surface area (Å²) in [6.45, 7) is 0.719. The van der Waals surface area contributed by atoms with E-state index in [2.05, 4.69) is 26.2 Å². The second-order valence-electron chi connectivity index (χ2n) is 3.65. The number of aromatic amines is 1. The molecular weight excluding hydrogens is 256 g/mol. The molecule has 1 aliphatic rings. The molecule has 76 valence electrons. The molecule has 0 aliphatic carbocycles. The Balaban J connectivity index is 2.41. The number of rotatable bonds is 0. The molecule has 3 rings (SSSR count). The van der Waals surface area contributed by atoms with E-state index < -0.39 is 0 Å². The molecule has 2 aromatic rings. The van der Waals surface area contributed by atoms with Gasteiger partial charge in [0.05, 0.1) is 11.1 Å². The number of nitrogens with one attached hydrogen (secondary N) is 2.